The summed E-state index contributed by atoms with van der Waals surface area (Å²) in [5.74, 6) is 0.634. The maximum Gasteiger partial charge on any atom is 0.337 e. The van der Waals surface area contributed by atoms with E-state index < -0.39 is 5.97 Å². The van der Waals surface area contributed by atoms with E-state index >= 15 is 0 Å². The molecule has 0 unspecified atom stereocenters. The Balaban J connectivity index is 2.13. The SMILES string of the molecule is C=C1N(Cc2c(F)ccc(OC)c2C)c2cc(C(=O)OC)ccc2[C@H](C)N1C. The second-order valence-corrected chi connectivity index (χ2v) is 6.91. The van der Waals surface area contributed by atoms with Gasteiger partial charge in [0.15, 0.2) is 0 Å². The number of nitrogens with zero attached hydrogens (tertiary/aromatic N) is 2. The first-order valence-electron chi connectivity index (χ1n) is 9.03. The van der Waals surface area contributed by atoms with Crippen molar-refractivity contribution in [1.29, 1.82) is 0 Å². The summed E-state index contributed by atoms with van der Waals surface area (Å²) >= 11 is 0. The molecule has 0 radical (unpaired) electrons. The van der Waals surface area contributed by atoms with Crippen LogP contribution in [0.3, 0.4) is 0 Å². The van der Waals surface area contributed by atoms with E-state index in [4.69, 9.17) is 9.47 Å². The Morgan fingerprint density at radius 3 is 2.61 bits per heavy atom. The molecule has 0 saturated heterocycles. The molecule has 0 spiro atoms. The standard InChI is InChI=1S/C22H25FN2O3/c1-13-18(19(23)9-10-21(13)27-5)12-25-15(3)24(4)14(2)17-8-7-16(11-20(17)25)22(26)28-6/h7-11,14H,3,12H2,1-2,4-6H3/t14-/m0/s1. The van der Waals surface area contributed by atoms with Crippen molar-refractivity contribution in [3.63, 3.8) is 0 Å². The molecule has 0 bridgehead atoms. The Kier molecular flexibility index (Phi) is 5.31. The van der Waals surface area contributed by atoms with Gasteiger partial charge in [0.05, 0.1) is 32.4 Å². The number of hydrogen-bond donors (Lipinski definition) is 0. The van der Waals surface area contributed by atoms with Gasteiger partial charge in [-0.3, -0.25) is 0 Å². The molecule has 0 aliphatic carbocycles. The summed E-state index contributed by atoms with van der Waals surface area (Å²) in [6, 6.07) is 8.54. The van der Waals surface area contributed by atoms with Crippen LogP contribution in [0.15, 0.2) is 42.7 Å². The van der Waals surface area contributed by atoms with Gasteiger partial charge in [-0.25, -0.2) is 9.18 Å². The fourth-order valence-corrected chi connectivity index (χ4v) is 3.59. The molecule has 1 aliphatic heterocycles. The second kappa shape index (κ2) is 7.54. The summed E-state index contributed by atoms with van der Waals surface area (Å²) < 4.78 is 24.9. The van der Waals surface area contributed by atoms with Crippen LogP contribution in [-0.2, 0) is 11.3 Å². The van der Waals surface area contributed by atoms with Crippen LogP contribution < -0.4 is 9.64 Å². The number of benzene rings is 2. The van der Waals surface area contributed by atoms with Crippen molar-refractivity contribution >= 4 is 11.7 Å². The maximum atomic E-state index is 14.7. The Hall–Kier alpha value is -3.02. The number of fused-ring (bicyclic) bond motifs is 1. The van der Waals surface area contributed by atoms with Gasteiger partial charge in [0, 0.05) is 18.3 Å². The Labute approximate surface area is 165 Å². The fourth-order valence-electron chi connectivity index (χ4n) is 3.59. The minimum Gasteiger partial charge on any atom is -0.496 e. The monoisotopic (exact) mass is 384 g/mol. The summed E-state index contributed by atoms with van der Waals surface area (Å²) in [4.78, 5) is 16.0. The molecule has 0 saturated carbocycles. The van der Waals surface area contributed by atoms with Crippen molar-refractivity contribution in [1.82, 2.24) is 4.90 Å². The fraction of sp³-hybridized carbons (Fsp3) is 0.318. The largest absolute Gasteiger partial charge is 0.496 e. The zero-order chi connectivity index (χ0) is 20.6. The van der Waals surface area contributed by atoms with Crippen LogP contribution in [0.4, 0.5) is 10.1 Å². The average Bonchev–Trinajstić information content (AvgIpc) is 2.70. The van der Waals surface area contributed by atoms with Gasteiger partial charge in [-0.05, 0) is 49.2 Å². The lowest BCUT2D eigenvalue weighted by Crippen LogP contribution is -2.39. The molecule has 3 rings (SSSR count). The van der Waals surface area contributed by atoms with Crippen LogP contribution in [0, 0.1) is 12.7 Å². The van der Waals surface area contributed by atoms with Gasteiger partial charge in [-0.1, -0.05) is 12.6 Å². The third kappa shape index (κ3) is 3.19. The molecule has 1 aliphatic rings. The van der Waals surface area contributed by atoms with E-state index in [9.17, 15) is 9.18 Å². The first-order chi connectivity index (χ1) is 13.3. The minimum atomic E-state index is -0.413. The van der Waals surface area contributed by atoms with Gasteiger partial charge in [-0.15, -0.1) is 0 Å². The van der Waals surface area contributed by atoms with Crippen LogP contribution >= 0.6 is 0 Å². The minimum absolute atomic E-state index is 0.0710. The molecule has 2 aromatic rings. The molecule has 0 amide bonds. The molecule has 0 aromatic heterocycles. The number of carbonyl (C=O) groups excluding carboxylic acids is 1. The molecular formula is C22H25FN2O3. The average molecular weight is 384 g/mol. The molecular weight excluding hydrogens is 359 g/mol. The number of ether oxygens (including phenoxy) is 2. The number of esters is 1. The van der Waals surface area contributed by atoms with Gasteiger partial charge in [0.1, 0.15) is 17.4 Å². The smallest absolute Gasteiger partial charge is 0.337 e. The molecule has 2 aromatic carbocycles. The Morgan fingerprint density at radius 2 is 1.96 bits per heavy atom. The van der Waals surface area contributed by atoms with Gasteiger partial charge in [0.25, 0.3) is 0 Å². The molecule has 0 fully saturated rings. The lowest BCUT2D eigenvalue weighted by atomic mass is 9.97. The van der Waals surface area contributed by atoms with Crippen molar-refractivity contribution in [2.75, 3.05) is 26.2 Å². The first-order valence-corrected chi connectivity index (χ1v) is 9.03. The second-order valence-electron chi connectivity index (χ2n) is 6.91. The molecule has 1 heterocycles. The predicted octanol–water partition coefficient (Wildman–Crippen LogP) is 4.41. The highest BCUT2D eigenvalue weighted by molar-refractivity contribution is 5.91. The summed E-state index contributed by atoms with van der Waals surface area (Å²) in [5.41, 5.74) is 3.56. The molecule has 6 heteroatoms. The number of halogens is 1. The quantitative estimate of drug-likeness (QED) is 0.731. The lowest BCUT2D eigenvalue weighted by Gasteiger charge is -2.43. The third-order valence-electron chi connectivity index (χ3n) is 5.52. The van der Waals surface area contributed by atoms with E-state index in [-0.39, 0.29) is 18.4 Å². The number of carbonyl (C=O) groups is 1. The van der Waals surface area contributed by atoms with E-state index in [1.807, 2.05) is 29.8 Å². The van der Waals surface area contributed by atoms with Crippen LogP contribution in [0.25, 0.3) is 0 Å². The Morgan fingerprint density at radius 1 is 1.25 bits per heavy atom. The van der Waals surface area contributed by atoms with Crippen LogP contribution in [0.1, 0.15) is 40.0 Å². The highest BCUT2D eigenvalue weighted by Gasteiger charge is 2.31. The molecule has 28 heavy (non-hydrogen) atoms. The number of anilines is 1. The molecule has 5 nitrogen and oxygen atoms in total. The number of rotatable bonds is 4. The summed E-state index contributed by atoms with van der Waals surface area (Å²) in [7, 11) is 4.87. The van der Waals surface area contributed by atoms with Crippen molar-refractivity contribution in [3.05, 3.63) is 70.8 Å². The zero-order valence-corrected chi connectivity index (χ0v) is 16.9. The molecule has 0 N–H and O–H groups in total. The van der Waals surface area contributed by atoms with Gasteiger partial charge in [0.2, 0.25) is 0 Å². The van der Waals surface area contributed by atoms with Gasteiger partial charge < -0.3 is 19.3 Å². The summed E-state index contributed by atoms with van der Waals surface area (Å²) in [6.07, 6.45) is 0. The summed E-state index contributed by atoms with van der Waals surface area (Å²) in [6.45, 7) is 8.37. The predicted molar refractivity (Wildman–Crippen MR) is 107 cm³/mol. The van der Waals surface area contributed by atoms with E-state index in [2.05, 4.69) is 13.5 Å². The van der Waals surface area contributed by atoms with Gasteiger partial charge in [-0.2, -0.15) is 0 Å². The lowest BCUT2D eigenvalue weighted by molar-refractivity contribution is 0.0600. The van der Waals surface area contributed by atoms with Crippen molar-refractivity contribution in [2.24, 2.45) is 0 Å². The van der Waals surface area contributed by atoms with Crippen LogP contribution in [0.5, 0.6) is 5.75 Å². The van der Waals surface area contributed by atoms with E-state index in [1.165, 1.54) is 13.2 Å². The highest BCUT2D eigenvalue weighted by atomic mass is 19.1. The van der Waals surface area contributed by atoms with E-state index in [0.29, 0.717) is 16.9 Å². The maximum absolute atomic E-state index is 14.7. The normalized spacial score (nSPS) is 16.1. The van der Waals surface area contributed by atoms with E-state index in [0.717, 1.165) is 22.6 Å². The van der Waals surface area contributed by atoms with Crippen LogP contribution in [-0.4, -0.2) is 32.1 Å². The summed E-state index contributed by atoms with van der Waals surface area (Å²) in [5, 5.41) is 0. The van der Waals surface area contributed by atoms with Crippen molar-refractivity contribution in [2.45, 2.75) is 26.4 Å². The molecule has 148 valence electrons. The Bertz CT molecular complexity index is 942. The van der Waals surface area contributed by atoms with Crippen LogP contribution in [0.2, 0.25) is 0 Å². The number of hydrogen-bond acceptors (Lipinski definition) is 5. The van der Waals surface area contributed by atoms with E-state index in [1.54, 1.807) is 25.3 Å². The van der Waals surface area contributed by atoms with Crippen molar-refractivity contribution < 1.29 is 18.7 Å². The van der Waals surface area contributed by atoms with Crippen molar-refractivity contribution in [3.8, 4) is 5.75 Å². The highest BCUT2D eigenvalue weighted by Crippen LogP contribution is 2.41. The van der Waals surface area contributed by atoms with Gasteiger partial charge >= 0.3 is 5.97 Å². The number of methoxy groups -OCH3 is 2. The topological polar surface area (TPSA) is 42.0 Å². The first kappa shape index (κ1) is 19.7. The zero-order valence-electron chi connectivity index (χ0n) is 16.9. The third-order valence-corrected chi connectivity index (χ3v) is 5.52. The molecule has 1 atom stereocenters.